The first kappa shape index (κ1) is 41.8. The lowest BCUT2D eigenvalue weighted by atomic mass is 9.85. The van der Waals surface area contributed by atoms with Crippen LogP contribution < -0.4 is 15.5 Å². The van der Waals surface area contributed by atoms with Gasteiger partial charge in [0.15, 0.2) is 11.3 Å². The number of para-hydroxylation sites is 1. The lowest BCUT2D eigenvalue weighted by molar-refractivity contribution is -0.134. The number of carbonyl (C=O) groups is 3. The maximum absolute atomic E-state index is 15.6. The fourth-order valence-corrected chi connectivity index (χ4v) is 10.5. The van der Waals surface area contributed by atoms with E-state index in [1.165, 1.54) is 16.9 Å². The second kappa shape index (κ2) is 17.2. The van der Waals surface area contributed by atoms with Crippen LogP contribution in [0.25, 0.3) is 16.6 Å². The second-order valence-electron chi connectivity index (χ2n) is 18.4. The Balaban J connectivity index is 0.670. The first-order chi connectivity index (χ1) is 31.6. The standard InChI is InChI=1S/C46H50F3N11O5/c47-35-23-56(16-14-37(35)64-18-2-4-27-3-1-5-32-40(33-12-13-39(61)53-45(33)62)55-60(42(27)32)29-10-11-29)21-26-6-8-28(9-7-26)59-24-36(41(54-59)43(48)49)51-46(63)34-20-50-58-17-15-38(52-44(34)58)57-22-31-19-30(57)25-65-31/h1,3,5,15,17,20,24,26,28-31,33,35,37,43H,6-14,16,18-19,21-23,25H2,(H,51,63)(H,53,61,62)/t26-,28-,30-,31-,33?,35-,37+/m1/s1. The van der Waals surface area contributed by atoms with Crippen LogP contribution in [0.15, 0.2) is 42.9 Å². The number of hydrogen-bond acceptors (Lipinski definition) is 11. The predicted octanol–water partition coefficient (Wildman–Crippen LogP) is 5.51. The minimum atomic E-state index is -2.89. The van der Waals surface area contributed by atoms with Crippen molar-refractivity contribution in [3.63, 3.8) is 0 Å². The summed E-state index contributed by atoms with van der Waals surface area (Å²) in [6, 6.07) is 7.98. The van der Waals surface area contributed by atoms with Crippen LogP contribution in [0, 0.1) is 17.8 Å². The molecule has 3 amide bonds. The van der Waals surface area contributed by atoms with Crippen molar-refractivity contribution in [3.8, 4) is 11.8 Å². The van der Waals surface area contributed by atoms with Crippen LogP contribution in [-0.4, -0.2) is 121 Å². The van der Waals surface area contributed by atoms with E-state index in [1.807, 2.05) is 28.9 Å². The van der Waals surface area contributed by atoms with E-state index in [9.17, 15) is 23.2 Å². The minimum absolute atomic E-state index is 0.0410. The molecule has 2 N–H and O–H groups in total. The summed E-state index contributed by atoms with van der Waals surface area (Å²) >= 11 is 0. The van der Waals surface area contributed by atoms with Crippen LogP contribution in [0.5, 0.6) is 0 Å². The molecule has 1 aromatic carbocycles. The predicted molar refractivity (Wildman–Crippen MR) is 230 cm³/mol. The summed E-state index contributed by atoms with van der Waals surface area (Å²) in [5, 5.41) is 19.4. The number of fused-ring (bicyclic) bond motifs is 4. The van der Waals surface area contributed by atoms with Gasteiger partial charge in [-0.2, -0.15) is 15.3 Å². The van der Waals surface area contributed by atoms with Crippen molar-refractivity contribution in [2.75, 3.05) is 49.6 Å². The number of carbonyl (C=O) groups excluding carboxylic acids is 3. The van der Waals surface area contributed by atoms with Gasteiger partial charge in [-0.25, -0.2) is 22.7 Å². The summed E-state index contributed by atoms with van der Waals surface area (Å²) in [4.78, 5) is 47.2. The van der Waals surface area contributed by atoms with Gasteiger partial charge in [-0.3, -0.25) is 34.0 Å². The average Bonchev–Trinajstić information content (AvgIpc) is 3.73. The van der Waals surface area contributed by atoms with Gasteiger partial charge in [-0.15, -0.1) is 0 Å². The molecule has 19 heteroatoms. The zero-order valence-electron chi connectivity index (χ0n) is 35.8. The number of nitrogens with one attached hydrogen (secondary N) is 2. The molecule has 4 saturated heterocycles. The van der Waals surface area contributed by atoms with Gasteiger partial charge in [-0.1, -0.05) is 24.0 Å². The number of piperidine rings is 2. The molecule has 65 heavy (non-hydrogen) atoms. The molecule has 0 spiro atoms. The smallest absolute Gasteiger partial charge is 0.284 e. The third kappa shape index (κ3) is 8.24. The quantitative estimate of drug-likeness (QED) is 0.127. The highest BCUT2D eigenvalue weighted by molar-refractivity contribution is 6.08. The highest BCUT2D eigenvalue weighted by Crippen LogP contribution is 2.41. The summed E-state index contributed by atoms with van der Waals surface area (Å²) < 4.78 is 60.9. The van der Waals surface area contributed by atoms with Crippen molar-refractivity contribution in [3.05, 3.63) is 65.4 Å². The first-order valence-corrected chi connectivity index (χ1v) is 22.9. The number of morpholine rings is 1. The van der Waals surface area contributed by atoms with E-state index in [4.69, 9.17) is 19.6 Å². The molecule has 2 aliphatic carbocycles. The largest absolute Gasteiger partial charge is 0.374 e. The van der Waals surface area contributed by atoms with Crippen LogP contribution in [0.2, 0.25) is 0 Å². The van der Waals surface area contributed by atoms with E-state index >= 15 is 4.39 Å². The number of anilines is 2. The lowest BCUT2D eigenvalue weighted by Gasteiger charge is -2.38. The maximum Gasteiger partial charge on any atom is 0.284 e. The third-order valence-corrected chi connectivity index (χ3v) is 14.1. The summed E-state index contributed by atoms with van der Waals surface area (Å²) in [6.45, 7) is 3.13. The molecule has 340 valence electrons. The number of benzene rings is 1. The number of amides is 3. The summed E-state index contributed by atoms with van der Waals surface area (Å²) in [5.74, 6) is 5.69. The number of rotatable bonds is 11. The van der Waals surface area contributed by atoms with Crippen molar-refractivity contribution in [1.82, 2.24) is 44.4 Å². The van der Waals surface area contributed by atoms with Crippen molar-refractivity contribution < 1.29 is 37.0 Å². The van der Waals surface area contributed by atoms with E-state index < -0.39 is 36.2 Å². The number of likely N-dealkylation sites (tertiary alicyclic amines) is 1. The van der Waals surface area contributed by atoms with Crippen molar-refractivity contribution >= 4 is 45.8 Å². The molecule has 16 nitrogen and oxygen atoms in total. The van der Waals surface area contributed by atoms with E-state index in [1.54, 1.807) is 10.9 Å². The number of aromatic nitrogens is 7. The van der Waals surface area contributed by atoms with E-state index in [0.717, 1.165) is 80.3 Å². The average molecular weight is 894 g/mol. The van der Waals surface area contributed by atoms with Gasteiger partial charge in [0, 0.05) is 50.4 Å². The van der Waals surface area contributed by atoms with E-state index in [0.29, 0.717) is 43.3 Å². The maximum atomic E-state index is 15.6. The first-order valence-electron chi connectivity index (χ1n) is 22.9. The van der Waals surface area contributed by atoms with Gasteiger partial charge in [0.1, 0.15) is 24.2 Å². The topological polar surface area (TPSA) is 166 Å². The molecule has 0 radical (unpaired) electrons. The molecule has 2 bridgehead atoms. The van der Waals surface area contributed by atoms with Crippen LogP contribution >= 0.6 is 0 Å². The Morgan fingerprint density at radius 1 is 1.02 bits per heavy atom. The van der Waals surface area contributed by atoms with Crippen LogP contribution in [0.1, 0.15) is 116 Å². The lowest BCUT2D eigenvalue weighted by Crippen LogP contribution is -2.47. The monoisotopic (exact) mass is 893 g/mol. The summed E-state index contributed by atoms with van der Waals surface area (Å²) in [5.41, 5.74) is 2.29. The number of halogens is 3. The highest BCUT2D eigenvalue weighted by Gasteiger charge is 2.40. The van der Waals surface area contributed by atoms with Gasteiger partial charge in [0.25, 0.3) is 12.3 Å². The Hall–Kier alpha value is -5.84. The Labute approximate surface area is 372 Å². The number of imide groups is 1. The summed E-state index contributed by atoms with van der Waals surface area (Å²) in [7, 11) is 0. The Morgan fingerprint density at radius 3 is 2.62 bits per heavy atom. The molecule has 4 aromatic heterocycles. The zero-order chi connectivity index (χ0) is 44.3. The van der Waals surface area contributed by atoms with Gasteiger partial charge >= 0.3 is 0 Å². The molecule has 8 heterocycles. The number of ether oxygens (including phenoxy) is 2. The molecule has 1 unspecified atom stereocenters. The Bertz CT molecular complexity index is 2710. The fourth-order valence-electron chi connectivity index (χ4n) is 10.5. The molecule has 11 rings (SSSR count). The number of nitrogens with zero attached hydrogens (tertiary/aromatic N) is 9. The van der Waals surface area contributed by atoms with Crippen molar-refractivity contribution in [2.24, 2.45) is 5.92 Å². The molecule has 5 atom stereocenters. The SMILES string of the molecule is O=C1CCC(c2nn(C3CC3)c3c(C#CCO[C@H]4CCN(C[C@H]5CC[C@H](n6cc(NC(=O)c7cnn8ccc(N9C[C@H]%10C[C@@H]9CO%10)nc78)c(C(F)F)n6)CC5)C[C@H]4F)cccc23)C(=O)N1. The Morgan fingerprint density at radius 2 is 1.86 bits per heavy atom. The van der Waals surface area contributed by atoms with E-state index in [-0.39, 0.29) is 66.9 Å². The highest BCUT2D eigenvalue weighted by atomic mass is 19.3. The van der Waals surface area contributed by atoms with Crippen LogP contribution in [0.3, 0.4) is 0 Å². The summed E-state index contributed by atoms with van der Waals surface area (Å²) in [6.07, 6.45) is 7.45. The Kier molecular flexibility index (Phi) is 11.1. The van der Waals surface area contributed by atoms with Gasteiger partial charge in [0.2, 0.25) is 11.8 Å². The van der Waals surface area contributed by atoms with Gasteiger partial charge < -0.3 is 19.7 Å². The number of hydrogen-bond donors (Lipinski definition) is 2. The van der Waals surface area contributed by atoms with Crippen LogP contribution in [-0.2, 0) is 19.1 Å². The molecule has 5 aromatic rings. The van der Waals surface area contributed by atoms with Gasteiger partial charge in [0.05, 0.1) is 71.5 Å². The molecule has 6 fully saturated rings. The normalized spacial score (nSPS) is 27.1. The van der Waals surface area contributed by atoms with Crippen LogP contribution in [0.4, 0.5) is 24.7 Å². The third-order valence-electron chi connectivity index (χ3n) is 14.1. The molecule has 6 aliphatic rings. The van der Waals surface area contributed by atoms with Crippen molar-refractivity contribution in [1.29, 1.82) is 0 Å². The fraction of sp³-hybridized carbons (Fsp3) is 0.543. The van der Waals surface area contributed by atoms with E-state index in [2.05, 4.69) is 42.5 Å². The molecule has 4 aliphatic heterocycles. The second-order valence-corrected chi connectivity index (χ2v) is 18.4. The van der Waals surface area contributed by atoms with Gasteiger partial charge in [-0.05, 0) is 75.8 Å². The molecular formula is C46H50F3N11O5. The molecular weight excluding hydrogens is 844 g/mol. The number of alkyl halides is 3. The minimum Gasteiger partial charge on any atom is -0.374 e. The zero-order valence-corrected chi connectivity index (χ0v) is 35.8. The van der Waals surface area contributed by atoms with Crippen molar-refractivity contribution in [2.45, 2.75) is 113 Å². The molecule has 2 saturated carbocycles.